The van der Waals surface area contributed by atoms with Gasteiger partial charge in [-0.25, -0.2) is 9.97 Å². The molecule has 3 aromatic heterocycles. The van der Waals surface area contributed by atoms with E-state index in [0.29, 0.717) is 0 Å². The summed E-state index contributed by atoms with van der Waals surface area (Å²) < 4.78 is 2.10. The van der Waals surface area contributed by atoms with Crippen LogP contribution >= 0.6 is 11.3 Å². The maximum Gasteiger partial charge on any atom is 0.180 e. The molecule has 0 unspecified atom stereocenters. The number of aromatic nitrogens is 3. The Kier molecular flexibility index (Phi) is 2.51. The van der Waals surface area contributed by atoms with Gasteiger partial charge in [-0.15, -0.1) is 0 Å². The van der Waals surface area contributed by atoms with E-state index in [2.05, 4.69) is 36.5 Å². The second-order valence-electron chi connectivity index (χ2n) is 4.95. The molecule has 1 saturated carbocycles. The van der Waals surface area contributed by atoms with Gasteiger partial charge in [0.05, 0.1) is 11.9 Å². The van der Waals surface area contributed by atoms with Gasteiger partial charge in [0.2, 0.25) is 0 Å². The molecule has 0 amide bonds. The average Bonchev–Trinajstić information content (AvgIpc) is 2.92. The van der Waals surface area contributed by atoms with Crippen LogP contribution in [0.3, 0.4) is 0 Å². The number of nitrogens with zero attached hydrogens (tertiary/aromatic N) is 3. The zero-order valence-electron chi connectivity index (χ0n) is 10.4. The number of imidazole rings is 1. The van der Waals surface area contributed by atoms with E-state index >= 15 is 0 Å². The summed E-state index contributed by atoms with van der Waals surface area (Å²) in [5.41, 5.74) is 3.23. The first kappa shape index (κ1) is 11.0. The minimum Gasteiger partial charge on any atom is -0.367 e. The van der Waals surface area contributed by atoms with Crippen LogP contribution in [-0.2, 0) is 0 Å². The largest absolute Gasteiger partial charge is 0.367 e. The van der Waals surface area contributed by atoms with Crippen molar-refractivity contribution in [3.63, 3.8) is 0 Å². The molecule has 4 rings (SSSR count). The third kappa shape index (κ3) is 2.00. The molecule has 0 aliphatic heterocycles. The van der Waals surface area contributed by atoms with Crippen LogP contribution in [0.15, 0.2) is 35.4 Å². The van der Waals surface area contributed by atoms with Crippen LogP contribution in [0.5, 0.6) is 0 Å². The highest BCUT2D eigenvalue weighted by Gasteiger charge is 2.21. The minimum atomic E-state index is 0.827. The van der Waals surface area contributed by atoms with Crippen LogP contribution in [0, 0.1) is 5.92 Å². The Morgan fingerprint density at radius 1 is 1.37 bits per heavy atom. The fourth-order valence-corrected chi connectivity index (χ4v) is 2.88. The Labute approximate surface area is 115 Å². The van der Waals surface area contributed by atoms with Gasteiger partial charge in [0.15, 0.2) is 11.5 Å². The van der Waals surface area contributed by atoms with Crippen molar-refractivity contribution >= 4 is 22.8 Å². The first-order valence-corrected chi connectivity index (χ1v) is 7.44. The molecule has 0 spiro atoms. The monoisotopic (exact) mass is 270 g/mol. The van der Waals surface area contributed by atoms with Crippen LogP contribution in [0.25, 0.3) is 16.9 Å². The molecule has 3 heterocycles. The summed E-state index contributed by atoms with van der Waals surface area (Å²) >= 11 is 1.70. The number of anilines is 1. The van der Waals surface area contributed by atoms with Crippen LogP contribution in [0.2, 0.25) is 0 Å². The summed E-state index contributed by atoms with van der Waals surface area (Å²) in [4.78, 5) is 8.92. The topological polar surface area (TPSA) is 42.2 Å². The Morgan fingerprint density at radius 3 is 3.11 bits per heavy atom. The van der Waals surface area contributed by atoms with Crippen LogP contribution < -0.4 is 5.32 Å². The third-order valence-electron chi connectivity index (χ3n) is 3.50. The van der Waals surface area contributed by atoms with Gasteiger partial charge in [0, 0.05) is 29.9 Å². The fraction of sp³-hybridized carbons (Fsp3) is 0.286. The summed E-state index contributed by atoms with van der Waals surface area (Å²) in [6, 6.07) is 2.12. The Morgan fingerprint density at radius 2 is 2.32 bits per heavy atom. The third-order valence-corrected chi connectivity index (χ3v) is 4.18. The van der Waals surface area contributed by atoms with Crippen molar-refractivity contribution in [2.75, 3.05) is 11.9 Å². The lowest BCUT2D eigenvalue weighted by molar-refractivity contribution is 0.881. The maximum absolute atomic E-state index is 4.52. The van der Waals surface area contributed by atoms with E-state index in [-0.39, 0.29) is 0 Å². The zero-order valence-corrected chi connectivity index (χ0v) is 11.2. The van der Waals surface area contributed by atoms with E-state index in [0.717, 1.165) is 29.6 Å². The standard InChI is InChI=1S/C14H14N4S/c1-2-10(1)7-16-13-14-17-8-12(11-3-6-19-9-11)18(14)5-4-15-13/h3-6,8-10H,1-2,7H2,(H,15,16). The van der Waals surface area contributed by atoms with Crippen LogP contribution in [0.1, 0.15) is 12.8 Å². The predicted molar refractivity (Wildman–Crippen MR) is 77.5 cm³/mol. The van der Waals surface area contributed by atoms with Gasteiger partial charge in [0.1, 0.15) is 0 Å². The van der Waals surface area contributed by atoms with Gasteiger partial charge >= 0.3 is 0 Å². The van der Waals surface area contributed by atoms with Crippen molar-refractivity contribution in [3.8, 4) is 11.3 Å². The van der Waals surface area contributed by atoms with E-state index in [4.69, 9.17) is 0 Å². The first-order valence-electron chi connectivity index (χ1n) is 6.50. The summed E-state index contributed by atoms with van der Waals surface area (Å²) in [6.45, 7) is 1.01. The van der Waals surface area contributed by atoms with Gasteiger partial charge in [-0.05, 0) is 30.2 Å². The molecule has 0 saturated heterocycles. The molecular weight excluding hydrogens is 256 g/mol. The van der Waals surface area contributed by atoms with Gasteiger partial charge in [-0.3, -0.25) is 4.40 Å². The quantitative estimate of drug-likeness (QED) is 0.791. The molecule has 96 valence electrons. The van der Waals surface area contributed by atoms with Gasteiger partial charge in [0.25, 0.3) is 0 Å². The Bertz CT molecular complexity index is 697. The van der Waals surface area contributed by atoms with Crippen molar-refractivity contribution in [2.24, 2.45) is 5.92 Å². The van der Waals surface area contributed by atoms with E-state index in [1.165, 1.54) is 18.4 Å². The maximum atomic E-state index is 4.52. The van der Waals surface area contributed by atoms with E-state index < -0.39 is 0 Å². The smallest absolute Gasteiger partial charge is 0.180 e. The highest BCUT2D eigenvalue weighted by molar-refractivity contribution is 7.08. The molecule has 0 bridgehead atoms. The Balaban J connectivity index is 1.75. The molecule has 0 radical (unpaired) electrons. The van der Waals surface area contributed by atoms with Crippen LogP contribution in [-0.4, -0.2) is 20.9 Å². The summed E-state index contributed by atoms with van der Waals surface area (Å²) in [7, 11) is 0. The molecule has 1 fully saturated rings. The molecule has 3 aromatic rings. The number of fused-ring (bicyclic) bond motifs is 1. The number of nitrogens with one attached hydrogen (secondary N) is 1. The lowest BCUT2D eigenvalue weighted by Gasteiger charge is -2.06. The molecule has 4 nitrogen and oxygen atoms in total. The normalized spacial score (nSPS) is 14.9. The van der Waals surface area contributed by atoms with Crippen molar-refractivity contribution in [3.05, 3.63) is 35.4 Å². The molecule has 19 heavy (non-hydrogen) atoms. The second kappa shape index (κ2) is 4.35. The number of hydrogen-bond acceptors (Lipinski definition) is 4. The molecule has 5 heteroatoms. The highest BCUT2D eigenvalue weighted by Crippen LogP contribution is 2.30. The van der Waals surface area contributed by atoms with Gasteiger partial charge < -0.3 is 5.32 Å². The van der Waals surface area contributed by atoms with Gasteiger partial charge in [-0.2, -0.15) is 11.3 Å². The summed E-state index contributed by atoms with van der Waals surface area (Å²) in [5, 5.41) is 7.64. The molecule has 1 aliphatic rings. The van der Waals surface area contributed by atoms with Crippen molar-refractivity contribution in [2.45, 2.75) is 12.8 Å². The van der Waals surface area contributed by atoms with E-state index in [9.17, 15) is 0 Å². The SMILES string of the molecule is c1cn2c(-c3ccsc3)cnc2c(NCC2CC2)n1. The first-order chi connectivity index (χ1) is 9.42. The second-order valence-corrected chi connectivity index (χ2v) is 5.73. The molecule has 1 N–H and O–H groups in total. The number of hydrogen-bond donors (Lipinski definition) is 1. The Hall–Kier alpha value is -1.88. The number of thiophene rings is 1. The van der Waals surface area contributed by atoms with Crippen molar-refractivity contribution in [1.82, 2.24) is 14.4 Å². The van der Waals surface area contributed by atoms with Crippen molar-refractivity contribution in [1.29, 1.82) is 0 Å². The predicted octanol–water partition coefficient (Wildman–Crippen LogP) is 3.28. The van der Waals surface area contributed by atoms with Crippen LogP contribution in [0.4, 0.5) is 5.82 Å². The lowest BCUT2D eigenvalue weighted by atomic mass is 10.3. The minimum absolute atomic E-state index is 0.827. The molecule has 1 aliphatic carbocycles. The summed E-state index contributed by atoms with van der Waals surface area (Å²) in [5.74, 6) is 1.71. The average molecular weight is 270 g/mol. The lowest BCUT2D eigenvalue weighted by Crippen LogP contribution is -2.06. The van der Waals surface area contributed by atoms with Gasteiger partial charge in [-0.1, -0.05) is 0 Å². The molecule has 0 aromatic carbocycles. The zero-order chi connectivity index (χ0) is 12.7. The number of rotatable bonds is 4. The fourth-order valence-electron chi connectivity index (χ4n) is 2.23. The van der Waals surface area contributed by atoms with Crippen molar-refractivity contribution < 1.29 is 0 Å². The molecular formula is C14H14N4S. The van der Waals surface area contributed by atoms with E-state index in [1.54, 1.807) is 11.3 Å². The van der Waals surface area contributed by atoms with E-state index in [1.807, 2.05) is 18.6 Å². The molecule has 0 atom stereocenters. The summed E-state index contributed by atoms with van der Waals surface area (Å²) in [6.07, 6.45) is 8.40. The highest BCUT2D eigenvalue weighted by atomic mass is 32.1.